The fourth-order valence-corrected chi connectivity index (χ4v) is 2.96. The Morgan fingerprint density at radius 1 is 1.29 bits per heavy atom. The Labute approximate surface area is 145 Å². The highest BCUT2D eigenvalue weighted by atomic mass is 32.2. The van der Waals surface area contributed by atoms with Crippen LogP contribution in [0.25, 0.3) is 0 Å². The van der Waals surface area contributed by atoms with Crippen LogP contribution in [0.4, 0.5) is 5.69 Å². The van der Waals surface area contributed by atoms with Crippen LogP contribution in [-0.2, 0) is 6.42 Å². The monoisotopic (exact) mass is 347 g/mol. The first-order chi connectivity index (χ1) is 11.5. The molecule has 0 aliphatic rings. The molecule has 0 amide bonds. The number of nitrogens with zero attached hydrogens (tertiary/aromatic N) is 1. The number of nitrogens with one attached hydrogen (secondary N) is 1. The molecule has 128 valence electrons. The van der Waals surface area contributed by atoms with Crippen molar-refractivity contribution in [3.05, 3.63) is 69.8 Å². The van der Waals surface area contributed by atoms with E-state index in [1.54, 1.807) is 19.1 Å². The van der Waals surface area contributed by atoms with Gasteiger partial charge in [0, 0.05) is 29.1 Å². The maximum Gasteiger partial charge on any atom is 0.273 e. The first kappa shape index (κ1) is 18.4. The second kappa shape index (κ2) is 8.79. The maximum atomic E-state index is 10.9. The number of rotatable bonds is 8. The summed E-state index contributed by atoms with van der Waals surface area (Å²) in [5.41, 5.74) is 7.80. The van der Waals surface area contributed by atoms with E-state index in [0.717, 1.165) is 10.5 Å². The third kappa shape index (κ3) is 5.31. The minimum atomic E-state index is -0.710. The number of hydrogen-bond acceptors (Lipinski definition) is 6. The summed E-state index contributed by atoms with van der Waals surface area (Å²) < 4.78 is 3.02. The summed E-state index contributed by atoms with van der Waals surface area (Å²) in [6, 6.07) is 14.4. The quantitative estimate of drug-likeness (QED) is 0.385. The molecular formula is C17H21N3O3S. The minimum absolute atomic E-state index is 0.0862. The molecule has 24 heavy (non-hydrogen) atoms. The summed E-state index contributed by atoms with van der Waals surface area (Å²) in [4.78, 5) is 11.3. The average Bonchev–Trinajstić information content (AvgIpc) is 2.56. The van der Waals surface area contributed by atoms with E-state index in [1.807, 2.05) is 30.3 Å². The molecule has 2 aromatic rings. The van der Waals surface area contributed by atoms with Gasteiger partial charge in [0.15, 0.2) is 0 Å². The van der Waals surface area contributed by atoms with Crippen molar-refractivity contribution in [3.63, 3.8) is 0 Å². The number of aryl methyl sites for hydroxylation is 1. The molecular weight excluding hydrogens is 326 g/mol. The van der Waals surface area contributed by atoms with E-state index < -0.39 is 11.0 Å². The lowest BCUT2D eigenvalue weighted by molar-refractivity contribution is -0.385. The molecule has 0 aliphatic heterocycles. The Kier molecular flexibility index (Phi) is 6.74. The highest BCUT2D eigenvalue weighted by Crippen LogP contribution is 2.24. The number of aliphatic hydroxyl groups excluding tert-OH is 1. The lowest BCUT2D eigenvalue weighted by Gasteiger charge is -2.19. The number of aliphatic hydroxyl groups is 1. The predicted molar refractivity (Wildman–Crippen MR) is 95.8 cm³/mol. The molecule has 0 fully saturated rings. The van der Waals surface area contributed by atoms with E-state index in [1.165, 1.54) is 18.0 Å². The van der Waals surface area contributed by atoms with Crippen molar-refractivity contribution in [1.29, 1.82) is 0 Å². The molecule has 0 saturated carbocycles. The van der Waals surface area contributed by atoms with Crippen molar-refractivity contribution in [2.24, 2.45) is 5.73 Å². The van der Waals surface area contributed by atoms with E-state index in [9.17, 15) is 15.2 Å². The molecule has 2 rings (SSSR count). The number of nitro benzene ring substituents is 1. The Morgan fingerprint density at radius 2 is 2.00 bits per heavy atom. The molecule has 0 bridgehead atoms. The van der Waals surface area contributed by atoms with Crippen LogP contribution in [0, 0.1) is 17.0 Å². The van der Waals surface area contributed by atoms with E-state index in [-0.39, 0.29) is 11.7 Å². The van der Waals surface area contributed by atoms with Crippen LogP contribution in [0.1, 0.15) is 11.1 Å². The topological polar surface area (TPSA) is 101 Å². The van der Waals surface area contributed by atoms with Crippen LogP contribution in [0.2, 0.25) is 0 Å². The van der Waals surface area contributed by atoms with Gasteiger partial charge in [-0.2, -0.15) is 0 Å². The standard InChI is InChI=1S/C17H21N3O3S/c1-12-7-8-14(10-16(12)20(22)23)24-19-11-17(21)15(18)9-13-5-3-2-4-6-13/h2-8,10,15,17,19,21H,9,11,18H2,1H3/t15-,17+/m0/s1. The molecule has 0 heterocycles. The molecule has 2 aromatic carbocycles. The van der Waals surface area contributed by atoms with Crippen molar-refractivity contribution < 1.29 is 10.0 Å². The molecule has 0 saturated heterocycles. The average molecular weight is 347 g/mol. The smallest absolute Gasteiger partial charge is 0.273 e. The van der Waals surface area contributed by atoms with Crippen LogP contribution >= 0.6 is 11.9 Å². The lowest BCUT2D eigenvalue weighted by Crippen LogP contribution is -2.41. The summed E-state index contributed by atoms with van der Waals surface area (Å²) in [6.45, 7) is 1.99. The number of hydrogen-bond donors (Lipinski definition) is 3. The van der Waals surface area contributed by atoms with Gasteiger partial charge in [-0.25, -0.2) is 0 Å². The van der Waals surface area contributed by atoms with Gasteiger partial charge in [-0.1, -0.05) is 36.4 Å². The van der Waals surface area contributed by atoms with Gasteiger partial charge < -0.3 is 10.8 Å². The van der Waals surface area contributed by atoms with Crippen LogP contribution in [-0.4, -0.2) is 28.7 Å². The van der Waals surface area contributed by atoms with Gasteiger partial charge in [0.05, 0.1) is 11.0 Å². The van der Waals surface area contributed by atoms with Gasteiger partial charge in [-0.3, -0.25) is 14.8 Å². The van der Waals surface area contributed by atoms with Crippen molar-refractivity contribution in [2.75, 3.05) is 6.54 Å². The lowest BCUT2D eigenvalue weighted by atomic mass is 10.0. The van der Waals surface area contributed by atoms with Gasteiger partial charge in [-0.15, -0.1) is 0 Å². The number of benzene rings is 2. The molecule has 0 aromatic heterocycles. The molecule has 0 spiro atoms. The SMILES string of the molecule is Cc1ccc(SNC[C@@H](O)[C@@H](N)Cc2ccccc2)cc1[N+](=O)[O-]. The predicted octanol–water partition coefficient (Wildman–Crippen LogP) is 2.43. The summed E-state index contributed by atoms with van der Waals surface area (Å²) in [6.07, 6.45) is -0.122. The first-order valence-electron chi connectivity index (χ1n) is 7.59. The van der Waals surface area contributed by atoms with Crippen molar-refractivity contribution in [2.45, 2.75) is 30.4 Å². The highest BCUT2D eigenvalue weighted by molar-refractivity contribution is 7.97. The Balaban J connectivity index is 1.83. The molecule has 0 aliphatic carbocycles. The Morgan fingerprint density at radius 3 is 2.67 bits per heavy atom. The van der Waals surface area contributed by atoms with Gasteiger partial charge in [0.2, 0.25) is 0 Å². The first-order valence-corrected chi connectivity index (χ1v) is 8.41. The fraction of sp³-hybridized carbons (Fsp3) is 0.294. The maximum absolute atomic E-state index is 10.9. The third-order valence-electron chi connectivity index (χ3n) is 3.67. The van der Waals surface area contributed by atoms with Crippen LogP contribution < -0.4 is 10.5 Å². The van der Waals surface area contributed by atoms with Gasteiger partial charge in [-0.05, 0) is 36.9 Å². The van der Waals surface area contributed by atoms with E-state index in [4.69, 9.17) is 5.73 Å². The fourth-order valence-electron chi connectivity index (χ4n) is 2.23. The van der Waals surface area contributed by atoms with Gasteiger partial charge in [0.1, 0.15) is 0 Å². The normalized spacial score (nSPS) is 13.5. The Hall–Kier alpha value is -1.93. The zero-order valence-electron chi connectivity index (χ0n) is 13.4. The van der Waals surface area contributed by atoms with Gasteiger partial charge in [0.25, 0.3) is 5.69 Å². The third-order valence-corrected chi connectivity index (χ3v) is 4.47. The summed E-state index contributed by atoms with van der Waals surface area (Å²) in [5.74, 6) is 0. The molecule has 7 heteroatoms. The molecule has 0 unspecified atom stereocenters. The number of nitro groups is 1. The van der Waals surface area contributed by atoms with Crippen LogP contribution in [0.15, 0.2) is 53.4 Å². The summed E-state index contributed by atoms with van der Waals surface area (Å²) in [7, 11) is 0. The van der Waals surface area contributed by atoms with Crippen molar-refractivity contribution in [3.8, 4) is 0 Å². The summed E-state index contributed by atoms with van der Waals surface area (Å²) >= 11 is 1.24. The Bertz CT molecular complexity index is 682. The second-order valence-corrected chi connectivity index (χ2v) is 6.54. The van der Waals surface area contributed by atoms with Crippen LogP contribution in [0.3, 0.4) is 0 Å². The largest absolute Gasteiger partial charge is 0.390 e. The molecule has 4 N–H and O–H groups in total. The summed E-state index contributed by atoms with van der Waals surface area (Å²) in [5, 5.41) is 21.1. The molecule has 6 nitrogen and oxygen atoms in total. The van der Waals surface area contributed by atoms with Gasteiger partial charge >= 0.3 is 0 Å². The second-order valence-electron chi connectivity index (χ2n) is 5.58. The highest BCUT2D eigenvalue weighted by Gasteiger charge is 2.16. The minimum Gasteiger partial charge on any atom is -0.390 e. The van der Waals surface area contributed by atoms with E-state index in [0.29, 0.717) is 18.5 Å². The van der Waals surface area contributed by atoms with E-state index in [2.05, 4.69) is 4.72 Å². The zero-order chi connectivity index (χ0) is 17.5. The zero-order valence-corrected chi connectivity index (χ0v) is 14.2. The van der Waals surface area contributed by atoms with Crippen LogP contribution in [0.5, 0.6) is 0 Å². The number of nitrogens with two attached hydrogens (primary N) is 1. The van der Waals surface area contributed by atoms with Crippen molar-refractivity contribution >= 4 is 17.6 Å². The van der Waals surface area contributed by atoms with Crippen molar-refractivity contribution in [1.82, 2.24) is 4.72 Å². The molecule has 2 atom stereocenters. The molecule has 0 radical (unpaired) electrons. The van der Waals surface area contributed by atoms with E-state index >= 15 is 0 Å².